The second-order valence-corrected chi connectivity index (χ2v) is 14.0. The third-order valence-corrected chi connectivity index (χ3v) is 10.1. The maximum atomic E-state index is 13.1. The summed E-state index contributed by atoms with van der Waals surface area (Å²) in [5.74, 6) is 1.62. The smallest absolute Gasteiger partial charge is 0.263 e. The first kappa shape index (κ1) is 32.3. The highest BCUT2D eigenvalue weighted by Crippen LogP contribution is 2.44. The Morgan fingerprint density at radius 2 is 2.00 bits per heavy atom. The summed E-state index contributed by atoms with van der Waals surface area (Å²) in [5.41, 5.74) is 3.84. The predicted molar refractivity (Wildman–Crippen MR) is 173 cm³/mol. The summed E-state index contributed by atoms with van der Waals surface area (Å²) in [4.78, 5) is 27.0. The summed E-state index contributed by atoms with van der Waals surface area (Å²) in [6.45, 7) is 9.99. The largest absolute Gasteiger partial charge is 0.491 e. The second-order valence-electron chi connectivity index (χ2n) is 11.9. The van der Waals surface area contributed by atoms with E-state index >= 15 is 0 Å². The van der Waals surface area contributed by atoms with Gasteiger partial charge in [0.2, 0.25) is 0 Å². The summed E-state index contributed by atoms with van der Waals surface area (Å²) in [5, 5.41) is 0.564. The van der Waals surface area contributed by atoms with Crippen molar-refractivity contribution in [1.29, 1.82) is 0 Å². The molecule has 8 heteroatoms. The van der Waals surface area contributed by atoms with Gasteiger partial charge >= 0.3 is 0 Å². The van der Waals surface area contributed by atoms with Crippen molar-refractivity contribution >= 4 is 40.5 Å². The number of benzene rings is 2. The number of halogens is 1. The molecule has 1 fully saturated rings. The Labute approximate surface area is 258 Å². The van der Waals surface area contributed by atoms with Crippen molar-refractivity contribution in [1.82, 2.24) is 4.72 Å². The second kappa shape index (κ2) is 15.2. The zero-order valence-electron chi connectivity index (χ0n) is 25.3. The van der Waals surface area contributed by atoms with Crippen molar-refractivity contribution in [2.24, 2.45) is 17.8 Å². The number of carbonyl (C=O) groups excluding carboxylic acids is 2. The van der Waals surface area contributed by atoms with Crippen LogP contribution in [-0.2, 0) is 22.2 Å². The van der Waals surface area contributed by atoms with Crippen molar-refractivity contribution in [3.05, 3.63) is 70.3 Å². The lowest BCUT2D eigenvalue weighted by atomic mass is 9.66. The SMILES string of the molecule is CC/C=C/C(CC=O)C1CCC1CN1CC(c2ccc(Cl)cc2CCC)COc2ccc(C(=O)NS(=O)C(C)C)cc21. The average molecular weight is 613 g/mol. The molecule has 0 radical (unpaired) electrons. The number of rotatable bonds is 13. The zero-order chi connectivity index (χ0) is 30.2. The van der Waals surface area contributed by atoms with Crippen LogP contribution in [0.4, 0.5) is 5.69 Å². The van der Waals surface area contributed by atoms with Gasteiger partial charge in [0.05, 0.1) is 12.3 Å². The molecule has 228 valence electrons. The van der Waals surface area contributed by atoms with Gasteiger partial charge in [-0.15, -0.1) is 0 Å². The van der Waals surface area contributed by atoms with E-state index in [0.29, 0.717) is 30.4 Å². The van der Waals surface area contributed by atoms with Gasteiger partial charge in [0.1, 0.15) is 23.0 Å². The normalized spacial score (nSPS) is 21.7. The van der Waals surface area contributed by atoms with E-state index in [9.17, 15) is 13.8 Å². The third kappa shape index (κ3) is 7.84. The summed E-state index contributed by atoms with van der Waals surface area (Å²) in [6, 6.07) is 11.7. The fourth-order valence-corrected chi connectivity index (χ4v) is 6.94. The van der Waals surface area contributed by atoms with E-state index in [0.717, 1.165) is 67.9 Å². The number of allylic oxidation sites excluding steroid dienone is 2. The minimum Gasteiger partial charge on any atom is -0.491 e. The highest BCUT2D eigenvalue weighted by atomic mass is 35.5. The molecule has 5 unspecified atom stereocenters. The van der Waals surface area contributed by atoms with Gasteiger partial charge in [0, 0.05) is 41.3 Å². The minimum absolute atomic E-state index is 0.117. The predicted octanol–water partition coefficient (Wildman–Crippen LogP) is 7.27. The monoisotopic (exact) mass is 612 g/mol. The van der Waals surface area contributed by atoms with E-state index in [2.05, 4.69) is 47.8 Å². The summed E-state index contributed by atoms with van der Waals surface area (Å²) in [6.07, 6.45) is 11.1. The molecule has 2 aliphatic rings. The number of fused-ring (bicyclic) bond motifs is 1. The number of nitrogens with one attached hydrogen (secondary N) is 1. The molecule has 5 atom stereocenters. The molecule has 2 aromatic carbocycles. The first-order valence-corrected chi connectivity index (χ1v) is 17.0. The van der Waals surface area contributed by atoms with Crippen LogP contribution >= 0.6 is 11.6 Å². The topological polar surface area (TPSA) is 75.7 Å². The van der Waals surface area contributed by atoms with Crippen LogP contribution in [0.15, 0.2) is 48.6 Å². The van der Waals surface area contributed by atoms with Crippen molar-refractivity contribution in [3.63, 3.8) is 0 Å². The van der Waals surface area contributed by atoms with Crippen LogP contribution in [0.5, 0.6) is 5.75 Å². The fourth-order valence-electron chi connectivity index (χ4n) is 6.21. The van der Waals surface area contributed by atoms with Crippen LogP contribution in [0.3, 0.4) is 0 Å². The summed E-state index contributed by atoms with van der Waals surface area (Å²) >= 11 is 6.40. The van der Waals surface area contributed by atoms with Crippen LogP contribution in [0.25, 0.3) is 0 Å². The molecular formula is C34H45ClN2O4S. The van der Waals surface area contributed by atoms with Gasteiger partial charge in [-0.1, -0.05) is 50.1 Å². The lowest BCUT2D eigenvalue weighted by Crippen LogP contribution is -2.42. The van der Waals surface area contributed by atoms with Gasteiger partial charge in [-0.3, -0.25) is 9.52 Å². The number of aryl methyl sites for hydroxylation is 1. The first-order valence-electron chi connectivity index (χ1n) is 15.4. The van der Waals surface area contributed by atoms with E-state index in [1.165, 1.54) is 11.1 Å². The van der Waals surface area contributed by atoms with Crippen LogP contribution in [0.2, 0.25) is 5.02 Å². The molecule has 4 rings (SSSR count). The molecule has 0 bridgehead atoms. The Morgan fingerprint density at radius 3 is 2.67 bits per heavy atom. The molecule has 1 heterocycles. The third-order valence-electron chi connectivity index (χ3n) is 8.60. The van der Waals surface area contributed by atoms with E-state index in [4.69, 9.17) is 16.3 Å². The first-order chi connectivity index (χ1) is 20.2. The lowest BCUT2D eigenvalue weighted by Gasteiger charge is -2.44. The van der Waals surface area contributed by atoms with E-state index in [-0.39, 0.29) is 23.0 Å². The van der Waals surface area contributed by atoms with Crippen molar-refractivity contribution in [2.45, 2.75) is 77.4 Å². The number of anilines is 1. The number of amides is 1. The molecule has 6 nitrogen and oxygen atoms in total. The van der Waals surface area contributed by atoms with E-state index in [1.807, 2.05) is 32.0 Å². The standard InChI is InChI=1S/C34H45ClN2O4S/c1-5-7-9-24(16-17-38)30-13-10-27(30)20-37-21-28(31-14-12-29(35)18-25(31)8-6-2)22-41-33-15-11-26(19-32(33)37)34(39)36-42(40)23(3)4/h7,9,11-12,14-15,17-19,23-24,27-28,30H,5-6,8,10,13,16,20-22H2,1-4H3,(H,36,39)/b9-7+. The number of ether oxygens (including phenoxy) is 1. The zero-order valence-corrected chi connectivity index (χ0v) is 26.9. The Bertz CT molecular complexity index is 1300. The average Bonchev–Trinajstić information content (AvgIpc) is 3.13. The van der Waals surface area contributed by atoms with Crippen LogP contribution in [0, 0.1) is 17.8 Å². The molecule has 1 saturated carbocycles. The molecule has 0 spiro atoms. The number of aldehydes is 1. The van der Waals surface area contributed by atoms with Gasteiger partial charge in [-0.25, -0.2) is 4.21 Å². The number of hydrogen-bond acceptors (Lipinski definition) is 5. The Morgan fingerprint density at radius 1 is 1.19 bits per heavy atom. The molecule has 1 N–H and O–H groups in total. The van der Waals surface area contributed by atoms with Gasteiger partial charge in [-0.05, 0) is 98.7 Å². The number of carbonyl (C=O) groups is 2. The molecule has 1 aliphatic heterocycles. The maximum absolute atomic E-state index is 13.1. The van der Waals surface area contributed by atoms with Gasteiger partial charge in [-0.2, -0.15) is 0 Å². The number of nitrogens with zero attached hydrogens (tertiary/aromatic N) is 1. The minimum atomic E-state index is -1.46. The molecule has 0 saturated heterocycles. The van der Waals surface area contributed by atoms with Crippen LogP contribution < -0.4 is 14.4 Å². The molecule has 42 heavy (non-hydrogen) atoms. The summed E-state index contributed by atoms with van der Waals surface area (Å²) < 4.78 is 21.4. The van der Waals surface area contributed by atoms with Crippen molar-refractivity contribution in [3.8, 4) is 5.75 Å². The fraction of sp³-hybridized carbons (Fsp3) is 0.529. The van der Waals surface area contributed by atoms with Crippen LogP contribution in [-0.4, -0.2) is 41.3 Å². The Balaban J connectivity index is 1.68. The molecule has 0 aromatic heterocycles. The highest BCUT2D eigenvalue weighted by Gasteiger charge is 2.38. The molecular weight excluding hydrogens is 568 g/mol. The Kier molecular flexibility index (Phi) is 11.7. The van der Waals surface area contributed by atoms with Crippen LogP contribution in [0.1, 0.15) is 87.2 Å². The molecule has 1 aliphatic carbocycles. The quantitative estimate of drug-likeness (QED) is 0.190. The maximum Gasteiger partial charge on any atom is 0.263 e. The van der Waals surface area contributed by atoms with Gasteiger partial charge in [0.25, 0.3) is 5.91 Å². The van der Waals surface area contributed by atoms with E-state index in [1.54, 1.807) is 6.07 Å². The lowest BCUT2D eigenvalue weighted by molar-refractivity contribution is -0.109. The molecule has 1 amide bonds. The van der Waals surface area contributed by atoms with Gasteiger partial charge < -0.3 is 14.4 Å². The highest BCUT2D eigenvalue weighted by molar-refractivity contribution is 7.84. The Hall–Kier alpha value is -2.64. The van der Waals surface area contributed by atoms with Crippen molar-refractivity contribution in [2.75, 3.05) is 24.6 Å². The number of hydrogen-bond donors (Lipinski definition) is 1. The van der Waals surface area contributed by atoms with Crippen molar-refractivity contribution < 1.29 is 18.5 Å². The van der Waals surface area contributed by atoms with E-state index < -0.39 is 11.0 Å². The molecule has 2 aromatic rings. The summed E-state index contributed by atoms with van der Waals surface area (Å²) in [7, 11) is -1.46. The van der Waals surface area contributed by atoms with Gasteiger partial charge in [0.15, 0.2) is 0 Å².